The number of anilines is 1. The molecular weight excluding hydrogens is 691 g/mol. The Balaban J connectivity index is 0.00000112. The van der Waals surface area contributed by atoms with Crippen LogP contribution in [-0.4, -0.2) is 117 Å². The average molecular weight is 738 g/mol. The van der Waals surface area contributed by atoms with Gasteiger partial charge in [0.2, 0.25) is 27.7 Å². The maximum absolute atomic E-state index is 13.7. The third-order valence-corrected chi connectivity index (χ3v) is 9.52. The number of hydrogen-bond acceptors (Lipinski definition) is 10. The minimum Gasteiger partial charge on any atom is -0.475 e. The molecule has 0 saturated carbocycles. The molecule has 2 heterocycles. The molecule has 2 atom stereocenters. The maximum atomic E-state index is 13.7. The quantitative estimate of drug-likeness (QED) is 0.125. The summed E-state index contributed by atoms with van der Waals surface area (Å²) in [5, 5.41) is 21.6. The molecule has 3 rings (SSSR count). The predicted octanol–water partition coefficient (Wildman–Crippen LogP) is 0.784. The number of carbonyl (C=O) groups excluding carboxylic acids is 4. The van der Waals surface area contributed by atoms with Gasteiger partial charge in [-0.25, -0.2) is 13.2 Å². The minimum absolute atomic E-state index is 0.187. The Morgan fingerprint density at radius 1 is 1.02 bits per heavy atom. The van der Waals surface area contributed by atoms with E-state index in [2.05, 4.69) is 17.6 Å². The Morgan fingerprint density at radius 3 is 2.16 bits per heavy atom. The van der Waals surface area contributed by atoms with Crippen LogP contribution in [0.3, 0.4) is 0 Å². The lowest BCUT2D eigenvalue weighted by atomic mass is 9.74. The number of esters is 1. The van der Waals surface area contributed by atoms with Crippen LogP contribution in [0.5, 0.6) is 0 Å². The van der Waals surface area contributed by atoms with Gasteiger partial charge in [0.15, 0.2) is 0 Å². The fourth-order valence-electron chi connectivity index (χ4n) is 5.70. The molecule has 0 unspecified atom stereocenters. The number of ether oxygens (including phenoxy) is 1. The highest BCUT2D eigenvalue weighted by molar-refractivity contribution is 7.92. The minimum atomic E-state index is -5.08. The van der Waals surface area contributed by atoms with Crippen LogP contribution < -0.4 is 20.7 Å². The number of fused-ring (bicyclic) bond motifs is 2. The van der Waals surface area contributed by atoms with E-state index in [4.69, 9.17) is 20.4 Å². The number of hydrogen-bond donors (Lipinski definition) is 5. The second-order valence-corrected chi connectivity index (χ2v) is 14.0. The van der Waals surface area contributed by atoms with Gasteiger partial charge in [-0.1, -0.05) is 50.8 Å². The molecule has 1 spiro atoms. The van der Waals surface area contributed by atoms with Crippen molar-refractivity contribution in [2.45, 2.75) is 82.0 Å². The number of aliphatic hydroxyl groups excluding tert-OH is 1. The van der Waals surface area contributed by atoms with E-state index in [9.17, 15) is 45.9 Å². The number of carboxylic acid groups (broad SMARTS) is 1. The van der Waals surface area contributed by atoms with Crippen molar-refractivity contribution in [1.82, 2.24) is 15.5 Å². The van der Waals surface area contributed by atoms with Gasteiger partial charge in [-0.3, -0.25) is 23.5 Å². The standard InChI is InChI=1S/C29H45N5O8S.C2HF3O2/c1-3-4-5-6-7-12-26(37)42-19-23(32-27(38)22(18-35)31-25(36)17-30)28(39)33-15-13-29(14-16-33)20-34(43(2,40)41)24-11-9-8-10-21(24)29;3-2(4,5)1(6)7/h8-11,22-23,35H,3-7,12-20,30H2,1-2H3,(H,31,36)(H,32,38);(H,6,7)/t22-,23-;/m0./s1. The van der Waals surface area contributed by atoms with Crippen LogP contribution in [0.1, 0.15) is 63.9 Å². The number of para-hydroxylation sites is 1. The molecule has 15 nitrogen and oxygen atoms in total. The summed E-state index contributed by atoms with van der Waals surface area (Å²) in [7, 11) is -3.50. The van der Waals surface area contributed by atoms with E-state index in [0.717, 1.165) is 31.2 Å². The maximum Gasteiger partial charge on any atom is 0.490 e. The van der Waals surface area contributed by atoms with E-state index in [1.54, 1.807) is 17.0 Å². The van der Waals surface area contributed by atoms with Crippen LogP contribution >= 0.6 is 0 Å². The first-order valence-electron chi connectivity index (χ1n) is 16.1. The number of nitrogens with zero attached hydrogens (tertiary/aromatic N) is 2. The number of carbonyl (C=O) groups is 5. The Hall–Kier alpha value is -3.97. The lowest BCUT2D eigenvalue weighted by Gasteiger charge is -2.41. The highest BCUT2D eigenvalue weighted by Gasteiger charge is 2.48. The molecule has 2 aliphatic heterocycles. The number of nitrogens with one attached hydrogen (secondary N) is 2. The number of rotatable bonds is 15. The molecule has 282 valence electrons. The van der Waals surface area contributed by atoms with Crippen LogP contribution in [0, 0.1) is 0 Å². The molecule has 3 amide bonds. The summed E-state index contributed by atoms with van der Waals surface area (Å²) >= 11 is 0. The highest BCUT2D eigenvalue weighted by Crippen LogP contribution is 2.47. The normalized spacial score (nSPS) is 16.4. The lowest BCUT2D eigenvalue weighted by Crippen LogP contribution is -2.59. The number of unbranched alkanes of at least 4 members (excludes halogenated alkanes) is 4. The van der Waals surface area contributed by atoms with Gasteiger partial charge in [-0.05, 0) is 30.9 Å². The summed E-state index contributed by atoms with van der Waals surface area (Å²) in [4.78, 5) is 61.2. The molecule has 1 aromatic carbocycles. The molecule has 0 aromatic heterocycles. The molecule has 1 saturated heterocycles. The predicted molar refractivity (Wildman–Crippen MR) is 174 cm³/mol. The monoisotopic (exact) mass is 737 g/mol. The number of benzene rings is 1. The number of carboxylic acids is 1. The van der Waals surface area contributed by atoms with Crippen molar-refractivity contribution in [1.29, 1.82) is 0 Å². The summed E-state index contributed by atoms with van der Waals surface area (Å²) in [5.74, 6) is -5.20. The molecule has 6 N–H and O–H groups in total. The first-order valence-corrected chi connectivity index (χ1v) is 18.0. The molecule has 50 heavy (non-hydrogen) atoms. The fraction of sp³-hybridized carbons (Fsp3) is 0.645. The SMILES string of the molecule is CCCCCCCC(=O)OC[C@H](NC(=O)[C@H](CO)NC(=O)CN)C(=O)N1CCC2(CC1)CN(S(C)(=O)=O)c1ccccc12.O=C(O)C(F)(F)F. The van der Waals surface area contributed by atoms with E-state index in [-0.39, 0.29) is 26.1 Å². The van der Waals surface area contributed by atoms with Gasteiger partial charge in [0.1, 0.15) is 18.7 Å². The summed E-state index contributed by atoms with van der Waals surface area (Å²) in [5.41, 5.74) is 6.40. The molecule has 0 radical (unpaired) electrons. The second kappa shape index (κ2) is 18.9. The number of sulfonamides is 1. The van der Waals surface area contributed by atoms with E-state index < -0.39 is 83.1 Å². The number of halogens is 3. The van der Waals surface area contributed by atoms with Gasteiger partial charge in [0, 0.05) is 31.5 Å². The van der Waals surface area contributed by atoms with Crippen molar-refractivity contribution in [3.63, 3.8) is 0 Å². The number of likely N-dealkylation sites (tertiary alicyclic amines) is 1. The zero-order valence-corrected chi connectivity index (χ0v) is 28.9. The van der Waals surface area contributed by atoms with Crippen LogP contribution in [0.15, 0.2) is 24.3 Å². The van der Waals surface area contributed by atoms with E-state index in [1.807, 2.05) is 12.1 Å². The zero-order chi connectivity index (χ0) is 37.7. The summed E-state index contributed by atoms with van der Waals surface area (Å²) in [6, 6.07) is 4.78. The zero-order valence-electron chi connectivity index (χ0n) is 28.0. The average Bonchev–Trinajstić information content (AvgIpc) is 3.39. The topological polar surface area (TPSA) is 226 Å². The van der Waals surface area contributed by atoms with Crippen LogP contribution in [0.25, 0.3) is 0 Å². The number of nitrogens with two attached hydrogens (primary N) is 1. The molecule has 1 aromatic rings. The van der Waals surface area contributed by atoms with E-state index in [1.165, 1.54) is 10.6 Å². The van der Waals surface area contributed by atoms with Gasteiger partial charge in [0.05, 0.1) is 25.1 Å². The summed E-state index contributed by atoms with van der Waals surface area (Å²) < 4.78 is 63.6. The number of alkyl halides is 3. The lowest BCUT2D eigenvalue weighted by molar-refractivity contribution is -0.192. The third kappa shape index (κ3) is 12.1. The van der Waals surface area contributed by atoms with Crippen LogP contribution in [0.2, 0.25) is 0 Å². The fourth-order valence-corrected chi connectivity index (χ4v) is 6.70. The van der Waals surface area contributed by atoms with Gasteiger partial charge in [0.25, 0.3) is 0 Å². The Labute approximate surface area is 288 Å². The number of piperidine rings is 1. The van der Waals surface area contributed by atoms with Gasteiger partial charge < -0.3 is 36.2 Å². The van der Waals surface area contributed by atoms with Crippen molar-refractivity contribution < 1.29 is 60.5 Å². The van der Waals surface area contributed by atoms with Crippen molar-refractivity contribution >= 4 is 45.4 Å². The van der Waals surface area contributed by atoms with Crippen LogP contribution in [0.4, 0.5) is 18.9 Å². The molecule has 2 aliphatic rings. The van der Waals surface area contributed by atoms with Gasteiger partial charge in [-0.15, -0.1) is 0 Å². The van der Waals surface area contributed by atoms with Crippen molar-refractivity contribution in [3.8, 4) is 0 Å². The Morgan fingerprint density at radius 2 is 1.62 bits per heavy atom. The number of amides is 3. The summed E-state index contributed by atoms with van der Waals surface area (Å²) in [6.07, 6.45) is 1.98. The summed E-state index contributed by atoms with van der Waals surface area (Å²) in [6.45, 7) is 1.43. The van der Waals surface area contributed by atoms with E-state index >= 15 is 0 Å². The Kier molecular flexibility index (Phi) is 15.9. The van der Waals surface area contributed by atoms with Gasteiger partial charge in [-0.2, -0.15) is 13.2 Å². The largest absolute Gasteiger partial charge is 0.490 e. The van der Waals surface area contributed by atoms with E-state index in [0.29, 0.717) is 24.9 Å². The number of aliphatic carboxylic acids is 1. The third-order valence-electron chi connectivity index (χ3n) is 8.40. The Bertz CT molecular complexity index is 1450. The van der Waals surface area contributed by atoms with Crippen molar-refractivity contribution in [2.75, 3.05) is 50.0 Å². The first-order chi connectivity index (χ1) is 23.4. The van der Waals surface area contributed by atoms with Crippen molar-refractivity contribution in [2.24, 2.45) is 5.73 Å². The van der Waals surface area contributed by atoms with Gasteiger partial charge >= 0.3 is 18.1 Å². The first kappa shape index (κ1) is 42.2. The molecule has 0 bridgehead atoms. The molecule has 0 aliphatic carbocycles. The number of aliphatic hydroxyl groups is 1. The highest BCUT2D eigenvalue weighted by atomic mass is 32.2. The molecule has 1 fully saturated rings. The van der Waals surface area contributed by atoms with Crippen molar-refractivity contribution in [3.05, 3.63) is 29.8 Å². The van der Waals surface area contributed by atoms with Crippen LogP contribution in [-0.2, 0) is 44.1 Å². The second-order valence-electron chi connectivity index (χ2n) is 12.1. The molecule has 19 heteroatoms. The molecular formula is C31H46F3N5O10S. The smallest absolute Gasteiger partial charge is 0.475 e.